The number of unbranched alkanes of at least 4 members (excludes halogenated alkanes) is 1. The van der Waals surface area contributed by atoms with Crippen LogP contribution < -0.4 is 10.6 Å². The Hall–Kier alpha value is -2.72. The van der Waals surface area contributed by atoms with Gasteiger partial charge in [-0.15, -0.1) is 0 Å². The molecule has 0 spiro atoms. The Bertz CT molecular complexity index is 780. The van der Waals surface area contributed by atoms with Crippen LogP contribution in [-0.2, 0) is 6.42 Å². The van der Waals surface area contributed by atoms with Gasteiger partial charge in [0.1, 0.15) is 17.7 Å². The van der Waals surface area contributed by atoms with Crippen LogP contribution in [0, 0.1) is 17.2 Å². The molecular weight excluding hydrogens is 352 g/mol. The van der Waals surface area contributed by atoms with Gasteiger partial charge in [0.25, 0.3) is 0 Å². The van der Waals surface area contributed by atoms with Gasteiger partial charge in [0.15, 0.2) is 5.69 Å². The number of aliphatic hydroxyl groups excluding tert-OH is 1. The van der Waals surface area contributed by atoms with E-state index in [9.17, 15) is 0 Å². The Labute approximate surface area is 166 Å². The Morgan fingerprint density at radius 2 is 1.86 bits per heavy atom. The van der Waals surface area contributed by atoms with E-state index in [4.69, 9.17) is 10.4 Å². The first-order valence-corrected chi connectivity index (χ1v) is 10.1. The molecule has 0 atom stereocenters. The van der Waals surface area contributed by atoms with Crippen LogP contribution in [0.25, 0.3) is 0 Å². The highest BCUT2D eigenvalue weighted by Gasteiger charge is 2.14. The van der Waals surface area contributed by atoms with Crippen LogP contribution in [0.4, 0.5) is 17.3 Å². The van der Waals surface area contributed by atoms with E-state index in [0.717, 1.165) is 37.4 Å². The largest absolute Gasteiger partial charge is 0.396 e. The molecule has 0 aliphatic heterocycles. The Morgan fingerprint density at radius 3 is 2.57 bits per heavy atom. The minimum Gasteiger partial charge on any atom is -0.396 e. The molecule has 148 valence electrons. The summed E-state index contributed by atoms with van der Waals surface area (Å²) in [6.45, 7) is 1.20. The highest BCUT2D eigenvalue weighted by molar-refractivity contribution is 5.61. The average molecular weight is 380 g/mol. The van der Waals surface area contributed by atoms with Crippen LogP contribution in [0.2, 0.25) is 0 Å². The first-order valence-electron chi connectivity index (χ1n) is 10.1. The highest BCUT2D eigenvalue weighted by Crippen LogP contribution is 2.26. The van der Waals surface area contributed by atoms with Crippen molar-refractivity contribution < 1.29 is 5.11 Å². The molecule has 7 heteroatoms. The topological polar surface area (TPSA) is 107 Å². The molecule has 1 fully saturated rings. The van der Waals surface area contributed by atoms with Crippen molar-refractivity contribution in [2.45, 2.75) is 51.4 Å². The van der Waals surface area contributed by atoms with Gasteiger partial charge in [-0.25, -0.2) is 15.0 Å². The summed E-state index contributed by atoms with van der Waals surface area (Å²) < 4.78 is 0. The van der Waals surface area contributed by atoms with Crippen molar-refractivity contribution >= 4 is 17.3 Å². The third kappa shape index (κ3) is 5.89. The molecule has 0 bridgehead atoms. The monoisotopic (exact) mass is 380 g/mol. The smallest absolute Gasteiger partial charge is 0.158 e. The van der Waals surface area contributed by atoms with Crippen molar-refractivity contribution in [3.8, 4) is 6.07 Å². The van der Waals surface area contributed by atoms with Gasteiger partial charge >= 0.3 is 0 Å². The van der Waals surface area contributed by atoms with Crippen LogP contribution in [0.1, 0.15) is 56.2 Å². The van der Waals surface area contributed by atoms with Crippen LogP contribution in [-0.4, -0.2) is 33.2 Å². The molecule has 0 saturated heterocycles. The molecular formula is C21H28N6O. The summed E-state index contributed by atoms with van der Waals surface area (Å²) in [5.74, 6) is 1.97. The molecule has 3 N–H and O–H groups in total. The van der Waals surface area contributed by atoms with Gasteiger partial charge < -0.3 is 15.7 Å². The molecule has 7 nitrogen and oxygen atoms in total. The number of hydrogen-bond donors (Lipinski definition) is 3. The number of nitriles is 1. The minimum atomic E-state index is 0.218. The van der Waals surface area contributed by atoms with Gasteiger partial charge in [-0.2, -0.15) is 5.26 Å². The van der Waals surface area contributed by atoms with E-state index >= 15 is 0 Å². The van der Waals surface area contributed by atoms with Crippen molar-refractivity contribution in [1.29, 1.82) is 5.26 Å². The van der Waals surface area contributed by atoms with Crippen LogP contribution in [0.3, 0.4) is 0 Å². The molecule has 0 aromatic carbocycles. The number of anilines is 3. The molecule has 0 unspecified atom stereocenters. The maximum absolute atomic E-state index is 9.06. The predicted octanol–water partition coefficient (Wildman–Crippen LogP) is 3.79. The van der Waals surface area contributed by atoms with Crippen LogP contribution in [0.15, 0.2) is 24.7 Å². The summed E-state index contributed by atoms with van der Waals surface area (Å²) in [5, 5.41) is 24.7. The number of nitrogens with zero attached hydrogens (tertiary/aromatic N) is 4. The molecule has 0 radical (unpaired) electrons. The Kier molecular flexibility index (Phi) is 7.56. The normalized spacial score (nSPS) is 14.4. The maximum Gasteiger partial charge on any atom is 0.158 e. The fourth-order valence-corrected chi connectivity index (χ4v) is 3.57. The van der Waals surface area contributed by atoms with Gasteiger partial charge in [0.05, 0.1) is 12.4 Å². The molecule has 1 aliphatic rings. The maximum atomic E-state index is 9.06. The van der Waals surface area contributed by atoms with E-state index in [-0.39, 0.29) is 12.3 Å². The molecule has 2 heterocycles. The second kappa shape index (κ2) is 10.6. The molecule has 28 heavy (non-hydrogen) atoms. The van der Waals surface area contributed by atoms with Crippen molar-refractivity contribution in [1.82, 2.24) is 15.0 Å². The standard InChI is InChI=1S/C21H28N6O/c22-11-18-14-26-21(15-23-18)27-20-10-19(17(13-25-20)8-4-5-9-28)24-12-16-6-2-1-3-7-16/h10,13-16,28H,1-9,12H2,(H2,24,25,26,27). The zero-order valence-corrected chi connectivity index (χ0v) is 16.2. The molecule has 1 aliphatic carbocycles. The number of aryl methyl sites for hydroxylation is 1. The van der Waals surface area contributed by atoms with Crippen molar-refractivity contribution in [3.63, 3.8) is 0 Å². The van der Waals surface area contributed by atoms with Crippen molar-refractivity contribution in [3.05, 3.63) is 35.9 Å². The van der Waals surface area contributed by atoms with E-state index in [1.54, 1.807) is 0 Å². The van der Waals surface area contributed by atoms with Crippen molar-refractivity contribution in [2.75, 3.05) is 23.8 Å². The number of aliphatic hydroxyl groups is 1. The van der Waals surface area contributed by atoms with E-state index in [1.165, 1.54) is 50.1 Å². The number of aromatic nitrogens is 3. The number of nitrogens with one attached hydrogen (secondary N) is 2. The van der Waals surface area contributed by atoms with Gasteiger partial charge in [-0.1, -0.05) is 19.3 Å². The molecule has 1 saturated carbocycles. The second-order valence-electron chi connectivity index (χ2n) is 7.32. The SMILES string of the molecule is N#Cc1cnc(Nc2cc(NCC3CCCCC3)c(CCCCO)cn2)cn1. The lowest BCUT2D eigenvalue weighted by Gasteiger charge is -2.23. The fraction of sp³-hybridized carbons (Fsp3) is 0.524. The fourth-order valence-electron chi connectivity index (χ4n) is 3.57. The van der Waals surface area contributed by atoms with Crippen LogP contribution >= 0.6 is 0 Å². The number of hydrogen-bond acceptors (Lipinski definition) is 7. The first-order chi connectivity index (χ1) is 13.8. The summed E-state index contributed by atoms with van der Waals surface area (Å²) in [6, 6.07) is 3.97. The first kappa shape index (κ1) is 20.0. The van der Waals surface area contributed by atoms with E-state index in [0.29, 0.717) is 11.6 Å². The summed E-state index contributed by atoms with van der Waals surface area (Å²) in [6.07, 6.45) is 14.1. The Morgan fingerprint density at radius 1 is 1.04 bits per heavy atom. The minimum absolute atomic E-state index is 0.218. The third-order valence-corrected chi connectivity index (χ3v) is 5.17. The van der Waals surface area contributed by atoms with E-state index < -0.39 is 0 Å². The molecule has 2 aromatic heterocycles. The summed E-state index contributed by atoms with van der Waals surface area (Å²) in [7, 11) is 0. The molecule has 2 aromatic rings. The van der Waals surface area contributed by atoms with Crippen LogP contribution in [0.5, 0.6) is 0 Å². The lowest BCUT2D eigenvalue weighted by molar-refractivity contribution is 0.284. The zero-order valence-electron chi connectivity index (χ0n) is 16.2. The highest BCUT2D eigenvalue weighted by atomic mass is 16.2. The predicted molar refractivity (Wildman–Crippen MR) is 109 cm³/mol. The second-order valence-corrected chi connectivity index (χ2v) is 7.32. The zero-order chi connectivity index (χ0) is 19.6. The number of pyridine rings is 1. The van der Waals surface area contributed by atoms with Gasteiger partial charge in [-0.3, -0.25) is 0 Å². The lowest BCUT2D eigenvalue weighted by Crippen LogP contribution is -2.18. The van der Waals surface area contributed by atoms with E-state index in [2.05, 4.69) is 25.6 Å². The Balaban J connectivity index is 1.70. The lowest BCUT2D eigenvalue weighted by atomic mass is 9.89. The summed E-state index contributed by atoms with van der Waals surface area (Å²) >= 11 is 0. The van der Waals surface area contributed by atoms with Gasteiger partial charge in [0.2, 0.25) is 0 Å². The quantitative estimate of drug-likeness (QED) is 0.568. The summed E-state index contributed by atoms with van der Waals surface area (Å²) in [5.41, 5.74) is 2.54. The van der Waals surface area contributed by atoms with E-state index in [1.807, 2.05) is 18.3 Å². The van der Waals surface area contributed by atoms with Gasteiger partial charge in [0, 0.05) is 31.1 Å². The molecule has 0 amide bonds. The average Bonchev–Trinajstić information content (AvgIpc) is 2.75. The number of rotatable bonds is 9. The van der Waals surface area contributed by atoms with Crippen molar-refractivity contribution in [2.24, 2.45) is 5.92 Å². The third-order valence-electron chi connectivity index (χ3n) is 5.17. The molecule has 3 rings (SSSR count). The summed E-state index contributed by atoms with van der Waals surface area (Å²) in [4.78, 5) is 12.7. The van der Waals surface area contributed by atoms with Gasteiger partial charge in [-0.05, 0) is 43.6 Å².